The van der Waals surface area contributed by atoms with Gasteiger partial charge in [-0.05, 0) is 12.1 Å². The highest BCUT2D eigenvalue weighted by atomic mass is 35.5. The van der Waals surface area contributed by atoms with Crippen molar-refractivity contribution in [1.29, 1.82) is 0 Å². The summed E-state index contributed by atoms with van der Waals surface area (Å²) in [6.07, 6.45) is 0. The van der Waals surface area contributed by atoms with E-state index in [1.54, 1.807) is 0 Å². The van der Waals surface area contributed by atoms with Crippen molar-refractivity contribution in [3.63, 3.8) is 0 Å². The third kappa shape index (κ3) is 2.76. The van der Waals surface area contributed by atoms with Gasteiger partial charge in [-0.25, -0.2) is 9.18 Å². The molecule has 108 valence electrons. The summed E-state index contributed by atoms with van der Waals surface area (Å²) in [6, 6.07) is 3.12. The van der Waals surface area contributed by atoms with Crippen molar-refractivity contribution < 1.29 is 23.5 Å². The molecule has 1 saturated heterocycles. The highest BCUT2D eigenvalue weighted by Crippen LogP contribution is 2.23. The minimum absolute atomic E-state index is 0.0162. The number of methoxy groups -OCH3 is 1. The summed E-state index contributed by atoms with van der Waals surface area (Å²) in [4.78, 5) is 25.4. The van der Waals surface area contributed by atoms with Gasteiger partial charge >= 0.3 is 5.97 Å². The standard InChI is InChI=1S/C13H13ClFNO4/c1-19-13(18)10-7-20-6-5-16(10)12(17)8-3-2-4-9(15)11(8)14/h2-4,10H,5-7H2,1H3. The molecule has 1 aromatic rings. The third-order valence-electron chi connectivity index (χ3n) is 3.04. The lowest BCUT2D eigenvalue weighted by atomic mass is 10.1. The minimum atomic E-state index is -0.847. The molecule has 1 fully saturated rings. The van der Waals surface area contributed by atoms with Gasteiger partial charge in [0.25, 0.3) is 5.91 Å². The van der Waals surface area contributed by atoms with Crippen molar-refractivity contribution in [2.75, 3.05) is 26.9 Å². The second-order valence-corrected chi connectivity index (χ2v) is 4.59. The maximum atomic E-state index is 13.4. The molecule has 1 amide bonds. The highest BCUT2D eigenvalue weighted by Gasteiger charge is 2.35. The molecule has 1 aliphatic rings. The summed E-state index contributed by atoms with van der Waals surface area (Å²) in [5.41, 5.74) is 0.0162. The van der Waals surface area contributed by atoms with E-state index in [9.17, 15) is 14.0 Å². The molecule has 0 aromatic heterocycles. The van der Waals surface area contributed by atoms with Crippen LogP contribution in [-0.4, -0.2) is 49.7 Å². The van der Waals surface area contributed by atoms with Crippen LogP contribution in [0.3, 0.4) is 0 Å². The van der Waals surface area contributed by atoms with Crippen molar-refractivity contribution in [1.82, 2.24) is 4.90 Å². The zero-order valence-corrected chi connectivity index (χ0v) is 11.5. The first-order valence-electron chi connectivity index (χ1n) is 5.96. The Morgan fingerprint density at radius 3 is 2.95 bits per heavy atom. The summed E-state index contributed by atoms with van der Waals surface area (Å²) in [6.45, 7) is 0.558. The lowest BCUT2D eigenvalue weighted by Gasteiger charge is -2.33. The Morgan fingerprint density at radius 1 is 1.50 bits per heavy atom. The van der Waals surface area contributed by atoms with Crippen molar-refractivity contribution in [3.8, 4) is 0 Å². The SMILES string of the molecule is COC(=O)C1COCCN1C(=O)c1cccc(F)c1Cl. The Labute approximate surface area is 120 Å². The first-order valence-corrected chi connectivity index (χ1v) is 6.34. The number of amides is 1. The number of carbonyl (C=O) groups is 2. The molecule has 1 aliphatic heterocycles. The average Bonchev–Trinajstić information content (AvgIpc) is 2.48. The second-order valence-electron chi connectivity index (χ2n) is 4.21. The molecular weight excluding hydrogens is 289 g/mol. The normalized spacial score (nSPS) is 18.8. The summed E-state index contributed by atoms with van der Waals surface area (Å²) >= 11 is 5.80. The highest BCUT2D eigenvalue weighted by molar-refractivity contribution is 6.34. The molecule has 1 atom stereocenters. The number of morpholine rings is 1. The Balaban J connectivity index is 2.30. The largest absolute Gasteiger partial charge is 0.467 e. The molecule has 1 heterocycles. The number of benzene rings is 1. The number of esters is 1. The molecule has 0 saturated carbocycles. The predicted octanol–water partition coefficient (Wildman–Crippen LogP) is 1.49. The molecule has 0 bridgehead atoms. The lowest BCUT2D eigenvalue weighted by Crippen LogP contribution is -2.53. The maximum Gasteiger partial charge on any atom is 0.331 e. The predicted molar refractivity (Wildman–Crippen MR) is 69.1 cm³/mol. The van der Waals surface area contributed by atoms with Crippen LogP contribution in [0.15, 0.2) is 18.2 Å². The number of hydrogen-bond acceptors (Lipinski definition) is 4. The van der Waals surface area contributed by atoms with Gasteiger partial charge in [-0.1, -0.05) is 17.7 Å². The van der Waals surface area contributed by atoms with Crippen LogP contribution in [0.4, 0.5) is 4.39 Å². The Kier molecular flexibility index (Phi) is 4.57. The van der Waals surface area contributed by atoms with Gasteiger partial charge in [0, 0.05) is 6.54 Å². The fraction of sp³-hybridized carbons (Fsp3) is 0.385. The van der Waals surface area contributed by atoms with E-state index >= 15 is 0 Å². The van der Waals surface area contributed by atoms with E-state index in [0.717, 1.165) is 6.07 Å². The van der Waals surface area contributed by atoms with Crippen LogP contribution in [0.25, 0.3) is 0 Å². The van der Waals surface area contributed by atoms with Crippen LogP contribution in [-0.2, 0) is 14.3 Å². The third-order valence-corrected chi connectivity index (χ3v) is 3.43. The van der Waals surface area contributed by atoms with E-state index in [2.05, 4.69) is 4.74 Å². The van der Waals surface area contributed by atoms with Crippen LogP contribution in [0.5, 0.6) is 0 Å². The summed E-state index contributed by atoms with van der Waals surface area (Å²) in [7, 11) is 1.23. The minimum Gasteiger partial charge on any atom is -0.467 e. The van der Waals surface area contributed by atoms with Crippen LogP contribution in [0, 0.1) is 5.82 Å². The zero-order chi connectivity index (χ0) is 14.7. The quantitative estimate of drug-likeness (QED) is 0.777. The molecule has 1 aromatic carbocycles. The monoisotopic (exact) mass is 301 g/mol. The summed E-state index contributed by atoms with van der Waals surface area (Å²) in [5, 5.41) is -0.257. The number of halogens is 2. The van der Waals surface area contributed by atoms with Gasteiger partial charge in [0.2, 0.25) is 0 Å². The summed E-state index contributed by atoms with van der Waals surface area (Å²) < 4.78 is 23.2. The van der Waals surface area contributed by atoms with Gasteiger partial charge in [-0.3, -0.25) is 4.79 Å². The van der Waals surface area contributed by atoms with Crippen LogP contribution >= 0.6 is 11.6 Å². The number of carbonyl (C=O) groups excluding carboxylic acids is 2. The first-order chi connectivity index (χ1) is 9.56. The van der Waals surface area contributed by atoms with Crippen LogP contribution in [0.2, 0.25) is 5.02 Å². The lowest BCUT2D eigenvalue weighted by molar-refractivity contribution is -0.151. The van der Waals surface area contributed by atoms with E-state index in [1.807, 2.05) is 0 Å². The number of ether oxygens (including phenoxy) is 2. The Hall–Kier alpha value is -1.66. The molecule has 7 heteroatoms. The number of nitrogens with zero attached hydrogens (tertiary/aromatic N) is 1. The van der Waals surface area contributed by atoms with E-state index in [1.165, 1.54) is 24.1 Å². The first kappa shape index (κ1) is 14.7. The van der Waals surface area contributed by atoms with Gasteiger partial charge < -0.3 is 14.4 Å². The molecular formula is C13H13ClFNO4. The number of rotatable bonds is 2. The van der Waals surface area contributed by atoms with Gasteiger partial charge in [0.15, 0.2) is 6.04 Å². The van der Waals surface area contributed by atoms with E-state index in [0.29, 0.717) is 6.61 Å². The molecule has 0 radical (unpaired) electrons. The number of hydrogen-bond donors (Lipinski definition) is 0. The zero-order valence-electron chi connectivity index (χ0n) is 10.8. The average molecular weight is 302 g/mol. The fourth-order valence-corrected chi connectivity index (χ4v) is 2.21. The second kappa shape index (κ2) is 6.19. The van der Waals surface area contributed by atoms with Crippen LogP contribution < -0.4 is 0 Å². The molecule has 5 nitrogen and oxygen atoms in total. The van der Waals surface area contributed by atoms with Crippen molar-refractivity contribution in [3.05, 3.63) is 34.6 Å². The van der Waals surface area contributed by atoms with Crippen LogP contribution in [0.1, 0.15) is 10.4 Å². The van der Waals surface area contributed by atoms with E-state index in [4.69, 9.17) is 16.3 Å². The van der Waals surface area contributed by atoms with Crippen molar-refractivity contribution in [2.24, 2.45) is 0 Å². The van der Waals surface area contributed by atoms with Gasteiger partial charge in [0.1, 0.15) is 5.82 Å². The van der Waals surface area contributed by atoms with Crippen molar-refractivity contribution in [2.45, 2.75) is 6.04 Å². The van der Waals surface area contributed by atoms with E-state index < -0.39 is 23.7 Å². The van der Waals surface area contributed by atoms with Gasteiger partial charge in [-0.2, -0.15) is 0 Å². The molecule has 0 aliphatic carbocycles. The van der Waals surface area contributed by atoms with Crippen molar-refractivity contribution >= 4 is 23.5 Å². The fourth-order valence-electron chi connectivity index (χ4n) is 2.00. The maximum absolute atomic E-state index is 13.4. The van der Waals surface area contributed by atoms with Gasteiger partial charge in [0.05, 0.1) is 30.9 Å². The Morgan fingerprint density at radius 2 is 2.25 bits per heavy atom. The topological polar surface area (TPSA) is 55.8 Å². The summed E-state index contributed by atoms with van der Waals surface area (Å²) in [5.74, 6) is -1.78. The molecule has 20 heavy (non-hydrogen) atoms. The van der Waals surface area contributed by atoms with Gasteiger partial charge in [-0.15, -0.1) is 0 Å². The molecule has 2 rings (SSSR count). The molecule has 0 spiro atoms. The molecule has 0 N–H and O–H groups in total. The molecule has 1 unspecified atom stereocenters. The Bertz CT molecular complexity index is 537. The van der Waals surface area contributed by atoms with E-state index in [-0.39, 0.29) is 23.7 Å². The smallest absolute Gasteiger partial charge is 0.331 e.